The van der Waals surface area contributed by atoms with Crippen LogP contribution >= 0.6 is 0 Å². The second-order valence-electron chi connectivity index (χ2n) is 5.80. The highest BCUT2D eigenvalue weighted by atomic mass is 16.5. The molecule has 2 aromatic heterocycles. The van der Waals surface area contributed by atoms with Crippen LogP contribution in [0.25, 0.3) is 0 Å². The fourth-order valence-corrected chi connectivity index (χ4v) is 3.18. The number of pyridine rings is 1. The Morgan fingerprint density at radius 3 is 2.95 bits per heavy atom. The quantitative estimate of drug-likeness (QED) is 0.871. The van der Waals surface area contributed by atoms with Gasteiger partial charge in [0, 0.05) is 24.7 Å². The van der Waals surface area contributed by atoms with Crippen molar-refractivity contribution in [3.8, 4) is 0 Å². The van der Waals surface area contributed by atoms with Crippen LogP contribution in [0.4, 0.5) is 0 Å². The van der Waals surface area contributed by atoms with Gasteiger partial charge in [-0.05, 0) is 45.2 Å². The minimum absolute atomic E-state index is 0.123. The Morgan fingerprint density at radius 2 is 2.27 bits per heavy atom. The van der Waals surface area contributed by atoms with Crippen LogP contribution in [0.15, 0.2) is 28.9 Å². The van der Waals surface area contributed by atoms with E-state index in [-0.39, 0.29) is 11.9 Å². The van der Waals surface area contributed by atoms with Crippen molar-refractivity contribution >= 4 is 5.91 Å². The first-order valence-electron chi connectivity index (χ1n) is 7.79. The molecule has 0 spiro atoms. The molecule has 116 valence electrons. The second-order valence-corrected chi connectivity index (χ2v) is 5.80. The molecule has 3 heterocycles. The van der Waals surface area contributed by atoms with E-state index in [1.165, 1.54) is 0 Å². The summed E-state index contributed by atoms with van der Waals surface area (Å²) < 4.78 is 5.16. The molecule has 0 bridgehead atoms. The van der Waals surface area contributed by atoms with Crippen LogP contribution in [0.1, 0.15) is 48.0 Å². The third-order valence-electron chi connectivity index (χ3n) is 4.37. The van der Waals surface area contributed by atoms with Crippen molar-refractivity contribution in [3.63, 3.8) is 0 Å². The molecular formula is C17H21N3O2. The van der Waals surface area contributed by atoms with Gasteiger partial charge in [-0.15, -0.1) is 0 Å². The van der Waals surface area contributed by atoms with Gasteiger partial charge in [-0.3, -0.25) is 9.78 Å². The summed E-state index contributed by atoms with van der Waals surface area (Å²) in [5, 5.41) is 3.94. The molecule has 0 saturated carbocycles. The van der Waals surface area contributed by atoms with Crippen LogP contribution in [0.2, 0.25) is 0 Å². The average Bonchev–Trinajstić information content (AvgIpc) is 3.14. The lowest BCUT2D eigenvalue weighted by Gasteiger charge is -2.24. The summed E-state index contributed by atoms with van der Waals surface area (Å²) in [6.07, 6.45) is 5.00. The first kappa shape index (κ1) is 14.8. The van der Waals surface area contributed by atoms with Crippen LogP contribution in [0.5, 0.6) is 0 Å². The van der Waals surface area contributed by atoms with E-state index in [4.69, 9.17) is 4.52 Å². The standard InChI is InChI=1S/C17H21N3O2/c1-12-14(13(2)22-19-12)8-9-17(21)20-11-5-7-16(20)15-6-3-4-10-18-15/h3-4,6,10,16H,5,7-9,11H2,1-2H3. The van der Waals surface area contributed by atoms with E-state index in [2.05, 4.69) is 10.1 Å². The molecular weight excluding hydrogens is 278 g/mol. The van der Waals surface area contributed by atoms with Gasteiger partial charge in [0.15, 0.2) is 0 Å². The first-order valence-corrected chi connectivity index (χ1v) is 7.79. The minimum atomic E-state index is 0.123. The molecule has 1 fully saturated rings. The Hall–Kier alpha value is -2.17. The number of aromatic nitrogens is 2. The summed E-state index contributed by atoms with van der Waals surface area (Å²) >= 11 is 0. The largest absolute Gasteiger partial charge is 0.361 e. The zero-order chi connectivity index (χ0) is 15.5. The van der Waals surface area contributed by atoms with E-state index in [9.17, 15) is 4.79 Å². The van der Waals surface area contributed by atoms with Gasteiger partial charge in [0.2, 0.25) is 5.91 Å². The Bertz CT molecular complexity index is 632. The lowest BCUT2D eigenvalue weighted by atomic mass is 10.1. The van der Waals surface area contributed by atoms with Crippen molar-refractivity contribution < 1.29 is 9.32 Å². The van der Waals surface area contributed by atoms with Crippen LogP contribution in [-0.2, 0) is 11.2 Å². The maximum atomic E-state index is 12.6. The van der Waals surface area contributed by atoms with Crippen LogP contribution in [-0.4, -0.2) is 27.5 Å². The Labute approximate surface area is 130 Å². The zero-order valence-electron chi connectivity index (χ0n) is 13.1. The minimum Gasteiger partial charge on any atom is -0.361 e. The molecule has 5 nitrogen and oxygen atoms in total. The van der Waals surface area contributed by atoms with Crippen molar-refractivity contribution in [2.45, 2.75) is 45.6 Å². The molecule has 5 heteroatoms. The van der Waals surface area contributed by atoms with Crippen molar-refractivity contribution in [2.75, 3.05) is 6.54 Å². The maximum absolute atomic E-state index is 12.6. The van der Waals surface area contributed by atoms with Gasteiger partial charge < -0.3 is 9.42 Å². The highest BCUT2D eigenvalue weighted by Gasteiger charge is 2.30. The highest BCUT2D eigenvalue weighted by Crippen LogP contribution is 2.31. The van der Waals surface area contributed by atoms with E-state index in [0.717, 1.165) is 42.1 Å². The van der Waals surface area contributed by atoms with E-state index >= 15 is 0 Å². The summed E-state index contributed by atoms with van der Waals surface area (Å²) in [5.74, 6) is 1.00. The summed E-state index contributed by atoms with van der Waals surface area (Å²) in [6, 6.07) is 6.01. The molecule has 0 radical (unpaired) electrons. The molecule has 22 heavy (non-hydrogen) atoms. The van der Waals surface area contributed by atoms with Gasteiger partial charge >= 0.3 is 0 Å². The average molecular weight is 299 g/mol. The Morgan fingerprint density at radius 1 is 1.41 bits per heavy atom. The number of hydrogen-bond donors (Lipinski definition) is 0. The molecule has 0 N–H and O–H groups in total. The van der Waals surface area contributed by atoms with Gasteiger partial charge in [0.25, 0.3) is 0 Å². The number of rotatable bonds is 4. The second kappa shape index (κ2) is 6.30. The Balaban J connectivity index is 1.67. The summed E-state index contributed by atoms with van der Waals surface area (Å²) in [7, 11) is 0. The predicted octanol–water partition coefficient (Wildman–Crippen LogP) is 2.98. The molecule has 1 aliphatic rings. The topological polar surface area (TPSA) is 59.2 Å². The highest BCUT2D eigenvalue weighted by molar-refractivity contribution is 5.77. The normalized spacial score (nSPS) is 17.9. The molecule has 0 aromatic carbocycles. The van der Waals surface area contributed by atoms with Crippen molar-refractivity contribution in [3.05, 3.63) is 47.1 Å². The lowest BCUT2D eigenvalue weighted by molar-refractivity contribution is -0.132. The zero-order valence-corrected chi connectivity index (χ0v) is 13.1. The number of likely N-dealkylation sites (tertiary alicyclic amines) is 1. The van der Waals surface area contributed by atoms with Gasteiger partial charge in [0.1, 0.15) is 5.76 Å². The molecule has 1 saturated heterocycles. The van der Waals surface area contributed by atoms with Gasteiger partial charge in [0.05, 0.1) is 17.4 Å². The third-order valence-corrected chi connectivity index (χ3v) is 4.37. The Kier molecular flexibility index (Phi) is 4.22. The summed E-state index contributed by atoms with van der Waals surface area (Å²) in [4.78, 5) is 19.0. The number of aryl methyl sites for hydroxylation is 2. The van der Waals surface area contributed by atoms with Gasteiger partial charge in [-0.25, -0.2) is 0 Å². The molecule has 1 unspecified atom stereocenters. The van der Waals surface area contributed by atoms with Gasteiger partial charge in [-0.1, -0.05) is 11.2 Å². The van der Waals surface area contributed by atoms with Crippen molar-refractivity contribution in [2.24, 2.45) is 0 Å². The van der Waals surface area contributed by atoms with Crippen LogP contribution in [0, 0.1) is 13.8 Å². The third kappa shape index (κ3) is 2.89. The lowest BCUT2D eigenvalue weighted by Crippen LogP contribution is -2.31. The maximum Gasteiger partial charge on any atom is 0.223 e. The molecule has 0 aliphatic carbocycles. The molecule has 1 atom stereocenters. The number of carbonyl (C=O) groups is 1. The van der Waals surface area contributed by atoms with E-state index in [1.54, 1.807) is 6.20 Å². The van der Waals surface area contributed by atoms with Gasteiger partial charge in [-0.2, -0.15) is 0 Å². The smallest absolute Gasteiger partial charge is 0.223 e. The molecule has 2 aromatic rings. The number of hydrogen-bond acceptors (Lipinski definition) is 4. The van der Waals surface area contributed by atoms with E-state index in [0.29, 0.717) is 12.8 Å². The van der Waals surface area contributed by atoms with E-state index < -0.39 is 0 Å². The van der Waals surface area contributed by atoms with Crippen molar-refractivity contribution in [1.82, 2.24) is 15.0 Å². The molecule has 1 amide bonds. The monoisotopic (exact) mass is 299 g/mol. The van der Waals surface area contributed by atoms with E-state index in [1.807, 2.05) is 36.9 Å². The van der Waals surface area contributed by atoms with Crippen molar-refractivity contribution in [1.29, 1.82) is 0 Å². The predicted molar refractivity (Wildman–Crippen MR) is 82.2 cm³/mol. The fourth-order valence-electron chi connectivity index (χ4n) is 3.18. The number of carbonyl (C=O) groups excluding carboxylic acids is 1. The fraction of sp³-hybridized carbons (Fsp3) is 0.471. The number of nitrogens with zero attached hydrogens (tertiary/aromatic N) is 3. The summed E-state index contributed by atoms with van der Waals surface area (Å²) in [6.45, 7) is 4.64. The summed E-state index contributed by atoms with van der Waals surface area (Å²) in [5.41, 5.74) is 2.93. The van der Waals surface area contributed by atoms with Crippen LogP contribution in [0.3, 0.4) is 0 Å². The first-order chi connectivity index (χ1) is 10.7. The van der Waals surface area contributed by atoms with Crippen LogP contribution < -0.4 is 0 Å². The molecule has 1 aliphatic heterocycles. The SMILES string of the molecule is Cc1noc(C)c1CCC(=O)N1CCCC1c1ccccn1. The molecule has 3 rings (SSSR count). The number of amides is 1.